The van der Waals surface area contributed by atoms with Crippen molar-refractivity contribution >= 4 is 33.3 Å². The third-order valence-electron chi connectivity index (χ3n) is 3.06. The van der Waals surface area contributed by atoms with Crippen molar-refractivity contribution in [2.75, 3.05) is 11.4 Å². The zero-order valence-electron chi connectivity index (χ0n) is 9.68. The molecule has 1 N–H and O–H groups in total. The summed E-state index contributed by atoms with van der Waals surface area (Å²) in [5.74, 6) is -1.78. The summed E-state index contributed by atoms with van der Waals surface area (Å²) in [5, 5.41) is 20.1. The molecule has 1 fully saturated rings. The Labute approximate surface area is 116 Å². The van der Waals surface area contributed by atoms with Gasteiger partial charge in [0.05, 0.1) is 15.5 Å². The Kier molecular flexibility index (Phi) is 3.70. The maximum absolute atomic E-state index is 13.4. The first-order valence-corrected chi connectivity index (χ1v) is 6.34. The number of nitro benzene ring substituents is 1. The van der Waals surface area contributed by atoms with Crippen molar-refractivity contribution in [3.05, 3.63) is 32.5 Å². The van der Waals surface area contributed by atoms with Crippen LogP contribution in [0, 0.1) is 15.9 Å². The van der Waals surface area contributed by atoms with Crippen molar-refractivity contribution in [1.29, 1.82) is 0 Å². The van der Waals surface area contributed by atoms with Crippen molar-refractivity contribution in [1.82, 2.24) is 0 Å². The van der Waals surface area contributed by atoms with Gasteiger partial charge in [-0.2, -0.15) is 0 Å². The summed E-state index contributed by atoms with van der Waals surface area (Å²) >= 11 is 2.96. The number of hydrogen-bond donors (Lipinski definition) is 1. The van der Waals surface area contributed by atoms with Crippen LogP contribution in [0.2, 0.25) is 0 Å². The van der Waals surface area contributed by atoms with Crippen LogP contribution in [0.4, 0.5) is 15.8 Å². The summed E-state index contributed by atoms with van der Waals surface area (Å²) in [4.78, 5) is 22.8. The van der Waals surface area contributed by atoms with Crippen LogP contribution >= 0.6 is 15.9 Å². The van der Waals surface area contributed by atoms with Gasteiger partial charge in [0.1, 0.15) is 17.5 Å². The molecule has 1 saturated heterocycles. The average Bonchev–Trinajstić information content (AvgIpc) is 2.80. The van der Waals surface area contributed by atoms with E-state index in [4.69, 9.17) is 5.11 Å². The zero-order chi connectivity index (χ0) is 14.2. The van der Waals surface area contributed by atoms with Crippen LogP contribution in [0.15, 0.2) is 16.6 Å². The third kappa shape index (κ3) is 2.53. The van der Waals surface area contributed by atoms with Gasteiger partial charge in [0.25, 0.3) is 5.69 Å². The van der Waals surface area contributed by atoms with Crippen molar-refractivity contribution < 1.29 is 19.2 Å². The highest BCUT2D eigenvalue weighted by Crippen LogP contribution is 2.37. The van der Waals surface area contributed by atoms with E-state index in [0.29, 0.717) is 19.4 Å². The van der Waals surface area contributed by atoms with Crippen LogP contribution in [0.3, 0.4) is 0 Å². The quantitative estimate of drug-likeness (QED) is 0.679. The molecule has 1 heterocycles. The van der Waals surface area contributed by atoms with Crippen LogP contribution in [-0.2, 0) is 4.79 Å². The lowest BCUT2D eigenvalue weighted by Crippen LogP contribution is -2.36. The molecule has 102 valence electrons. The molecule has 0 aliphatic carbocycles. The number of anilines is 1. The van der Waals surface area contributed by atoms with E-state index in [1.54, 1.807) is 0 Å². The molecule has 0 bridgehead atoms. The van der Waals surface area contributed by atoms with Crippen LogP contribution in [0.1, 0.15) is 12.8 Å². The molecule has 0 spiro atoms. The minimum atomic E-state index is -1.03. The highest BCUT2D eigenvalue weighted by molar-refractivity contribution is 9.10. The van der Waals surface area contributed by atoms with E-state index in [1.807, 2.05) is 0 Å². The lowest BCUT2D eigenvalue weighted by Gasteiger charge is -2.23. The van der Waals surface area contributed by atoms with E-state index in [0.717, 1.165) is 6.07 Å². The SMILES string of the molecule is O=C(O)C1CCCN1c1cc(Br)c(F)cc1[N+](=O)[O-]. The van der Waals surface area contributed by atoms with Crippen LogP contribution in [-0.4, -0.2) is 28.6 Å². The molecular formula is C11H10BrFN2O4. The molecule has 19 heavy (non-hydrogen) atoms. The number of halogens is 2. The van der Waals surface area contributed by atoms with Gasteiger partial charge < -0.3 is 10.0 Å². The molecule has 0 saturated carbocycles. The van der Waals surface area contributed by atoms with Gasteiger partial charge in [0.15, 0.2) is 0 Å². The van der Waals surface area contributed by atoms with Crippen LogP contribution in [0.25, 0.3) is 0 Å². The first-order valence-electron chi connectivity index (χ1n) is 5.54. The monoisotopic (exact) mass is 332 g/mol. The van der Waals surface area contributed by atoms with E-state index < -0.39 is 28.4 Å². The number of carboxylic acid groups (broad SMARTS) is 1. The van der Waals surface area contributed by atoms with Crippen molar-refractivity contribution in [2.24, 2.45) is 0 Å². The fourth-order valence-electron chi connectivity index (χ4n) is 2.21. The molecule has 1 aliphatic rings. The normalized spacial score (nSPS) is 18.6. The van der Waals surface area contributed by atoms with E-state index in [9.17, 15) is 19.3 Å². The number of hydrogen-bond acceptors (Lipinski definition) is 4. The number of rotatable bonds is 3. The molecule has 1 unspecified atom stereocenters. The molecule has 1 aliphatic heterocycles. The number of carbonyl (C=O) groups is 1. The Bertz CT molecular complexity index is 552. The lowest BCUT2D eigenvalue weighted by molar-refractivity contribution is -0.384. The lowest BCUT2D eigenvalue weighted by atomic mass is 10.2. The topological polar surface area (TPSA) is 83.7 Å². The second-order valence-corrected chi connectivity index (χ2v) is 5.06. The Hall–Kier alpha value is -1.70. The third-order valence-corrected chi connectivity index (χ3v) is 3.67. The molecule has 8 heteroatoms. The van der Waals surface area contributed by atoms with Gasteiger partial charge in [-0.25, -0.2) is 9.18 Å². The van der Waals surface area contributed by atoms with Gasteiger partial charge in [-0.1, -0.05) is 0 Å². The average molecular weight is 333 g/mol. The minimum Gasteiger partial charge on any atom is -0.480 e. The highest BCUT2D eigenvalue weighted by Gasteiger charge is 2.34. The van der Waals surface area contributed by atoms with Crippen molar-refractivity contribution in [3.8, 4) is 0 Å². The predicted molar refractivity (Wildman–Crippen MR) is 68.8 cm³/mol. The number of benzene rings is 1. The molecule has 2 rings (SSSR count). The second-order valence-electron chi connectivity index (χ2n) is 4.20. The summed E-state index contributed by atoms with van der Waals surface area (Å²) in [6.45, 7) is 0.399. The Morgan fingerprint density at radius 1 is 1.58 bits per heavy atom. The summed E-state index contributed by atoms with van der Waals surface area (Å²) in [6.07, 6.45) is 1.05. The number of carboxylic acids is 1. The largest absolute Gasteiger partial charge is 0.480 e. The van der Waals surface area contributed by atoms with Crippen molar-refractivity contribution in [2.45, 2.75) is 18.9 Å². The maximum Gasteiger partial charge on any atom is 0.326 e. The van der Waals surface area contributed by atoms with E-state index in [1.165, 1.54) is 11.0 Å². The van der Waals surface area contributed by atoms with E-state index in [2.05, 4.69) is 15.9 Å². The smallest absolute Gasteiger partial charge is 0.326 e. The standard InChI is InChI=1S/C11H10BrFN2O4/c12-6-4-9(10(15(18)19)5-7(6)13)14-3-1-2-8(14)11(16)17/h4-5,8H,1-3H2,(H,16,17). The molecule has 1 aromatic rings. The molecule has 1 aromatic carbocycles. The second kappa shape index (κ2) is 5.12. The van der Waals surface area contributed by atoms with Gasteiger partial charge in [-0.3, -0.25) is 10.1 Å². The Balaban J connectivity index is 2.51. The molecule has 0 radical (unpaired) electrons. The highest BCUT2D eigenvalue weighted by atomic mass is 79.9. The van der Waals surface area contributed by atoms with Gasteiger partial charge in [0, 0.05) is 6.54 Å². The molecule has 0 amide bonds. The maximum atomic E-state index is 13.4. The summed E-state index contributed by atoms with van der Waals surface area (Å²) in [7, 11) is 0. The first kappa shape index (κ1) is 13.7. The van der Waals surface area contributed by atoms with Gasteiger partial charge >= 0.3 is 5.97 Å². The van der Waals surface area contributed by atoms with E-state index in [-0.39, 0.29) is 10.2 Å². The van der Waals surface area contributed by atoms with Crippen molar-refractivity contribution in [3.63, 3.8) is 0 Å². The number of aliphatic carboxylic acids is 1. The predicted octanol–water partition coefficient (Wildman–Crippen LogP) is 2.55. The number of nitrogens with zero attached hydrogens (tertiary/aromatic N) is 2. The van der Waals surface area contributed by atoms with Gasteiger partial charge in [0.2, 0.25) is 0 Å². The zero-order valence-corrected chi connectivity index (χ0v) is 11.3. The molecule has 0 aromatic heterocycles. The Morgan fingerprint density at radius 3 is 2.84 bits per heavy atom. The molecular weight excluding hydrogens is 323 g/mol. The summed E-state index contributed by atoms with van der Waals surface area (Å²) < 4.78 is 13.4. The molecule has 1 atom stereocenters. The van der Waals surface area contributed by atoms with E-state index >= 15 is 0 Å². The fourth-order valence-corrected chi connectivity index (χ4v) is 2.55. The summed E-state index contributed by atoms with van der Waals surface area (Å²) in [5.41, 5.74) is -0.294. The number of nitro groups is 1. The van der Waals surface area contributed by atoms with Crippen LogP contribution < -0.4 is 4.90 Å². The van der Waals surface area contributed by atoms with Crippen LogP contribution in [0.5, 0.6) is 0 Å². The first-order chi connectivity index (χ1) is 8.91. The summed E-state index contributed by atoms with van der Waals surface area (Å²) in [6, 6.07) is 1.25. The minimum absolute atomic E-state index is 0.0733. The van der Waals surface area contributed by atoms with Gasteiger partial charge in [-0.05, 0) is 34.8 Å². The Morgan fingerprint density at radius 2 is 2.26 bits per heavy atom. The molecule has 6 nitrogen and oxygen atoms in total. The van der Waals surface area contributed by atoms with Gasteiger partial charge in [-0.15, -0.1) is 0 Å². The fraction of sp³-hybridized carbons (Fsp3) is 0.364.